The zero-order chi connectivity index (χ0) is 24.9. The van der Waals surface area contributed by atoms with Gasteiger partial charge in [-0.15, -0.1) is 0 Å². The van der Waals surface area contributed by atoms with Crippen LogP contribution in [0.15, 0.2) is 70.7 Å². The van der Waals surface area contributed by atoms with E-state index in [9.17, 15) is 18.3 Å². The van der Waals surface area contributed by atoms with Gasteiger partial charge >= 0.3 is 0 Å². The van der Waals surface area contributed by atoms with Crippen molar-refractivity contribution in [2.75, 3.05) is 6.54 Å². The van der Waals surface area contributed by atoms with Crippen LogP contribution in [0.3, 0.4) is 0 Å². The summed E-state index contributed by atoms with van der Waals surface area (Å²) in [6.45, 7) is 4.96. The average molecular weight is 500 g/mol. The maximum absolute atomic E-state index is 13.7. The Labute approximate surface area is 204 Å². The van der Waals surface area contributed by atoms with Crippen LogP contribution in [0, 0.1) is 20.8 Å². The van der Waals surface area contributed by atoms with E-state index >= 15 is 0 Å². The fourth-order valence-corrected chi connectivity index (χ4v) is 5.58. The maximum atomic E-state index is 13.7. The van der Waals surface area contributed by atoms with Crippen LogP contribution in [0.5, 0.6) is 5.75 Å². The first-order chi connectivity index (χ1) is 16.1. The number of hydrogen-bond acceptors (Lipinski definition) is 5. The lowest BCUT2D eigenvalue weighted by Crippen LogP contribution is -2.39. The van der Waals surface area contributed by atoms with Crippen molar-refractivity contribution in [1.29, 1.82) is 0 Å². The van der Waals surface area contributed by atoms with Crippen molar-refractivity contribution >= 4 is 33.7 Å². The fraction of sp³-hybridized carbons (Fsp3) is 0.200. The largest absolute Gasteiger partial charge is 0.508 e. The van der Waals surface area contributed by atoms with Crippen LogP contribution in [0.2, 0.25) is 5.02 Å². The topological polar surface area (TPSA) is 99.1 Å². The molecule has 3 aromatic carbocycles. The number of phenolic OH excluding ortho intramolecular Hbond substituents is 1. The molecule has 3 rings (SSSR count). The molecular formula is C25H26ClN3O4S. The molecule has 0 bridgehead atoms. The lowest BCUT2D eigenvalue weighted by molar-refractivity contribution is -0.121. The van der Waals surface area contributed by atoms with Crippen molar-refractivity contribution in [3.63, 3.8) is 0 Å². The first-order valence-corrected chi connectivity index (χ1v) is 12.3. The number of carbonyl (C=O) groups is 1. The molecular weight excluding hydrogens is 474 g/mol. The molecule has 34 heavy (non-hydrogen) atoms. The molecule has 0 atom stereocenters. The molecule has 0 heterocycles. The number of sulfonamides is 1. The highest BCUT2D eigenvalue weighted by molar-refractivity contribution is 7.89. The summed E-state index contributed by atoms with van der Waals surface area (Å²) in [6, 6.07) is 16.7. The fourth-order valence-electron chi connectivity index (χ4n) is 3.66. The molecule has 0 unspecified atom stereocenters. The van der Waals surface area contributed by atoms with Crippen molar-refractivity contribution < 1.29 is 18.3 Å². The van der Waals surface area contributed by atoms with E-state index in [1.807, 2.05) is 19.1 Å². The van der Waals surface area contributed by atoms with Crippen molar-refractivity contribution in [2.24, 2.45) is 5.10 Å². The van der Waals surface area contributed by atoms with Gasteiger partial charge in [-0.05, 0) is 79.4 Å². The molecule has 0 saturated carbocycles. The molecule has 1 amide bonds. The van der Waals surface area contributed by atoms with Gasteiger partial charge in [0, 0.05) is 11.6 Å². The smallest absolute Gasteiger partial charge is 0.255 e. The second-order valence-electron chi connectivity index (χ2n) is 8.01. The SMILES string of the molecule is Cc1cc(C)c(S(=O)(=O)N(CC(=O)NN=Cc2ccc(O)cc2)Cc2ccc(Cl)cc2)c(C)c1. The number of rotatable bonds is 8. The molecule has 0 aliphatic carbocycles. The summed E-state index contributed by atoms with van der Waals surface area (Å²) in [7, 11) is -4.00. The Bertz CT molecular complexity index is 1280. The first kappa shape index (κ1) is 25.4. The molecule has 0 aliphatic rings. The number of phenols is 1. The summed E-state index contributed by atoms with van der Waals surface area (Å²) in [5.74, 6) is -0.471. The third-order valence-electron chi connectivity index (χ3n) is 5.09. The van der Waals surface area contributed by atoms with Gasteiger partial charge in [-0.1, -0.05) is 41.4 Å². The van der Waals surface area contributed by atoms with E-state index in [0.29, 0.717) is 27.3 Å². The van der Waals surface area contributed by atoms with Gasteiger partial charge in [0.2, 0.25) is 10.0 Å². The number of carbonyl (C=O) groups excluding carboxylic acids is 1. The zero-order valence-electron chi connectivity index (χ0n) is 19.1. The van der Waals surface area contributed by atoms with Crippen LogP contribution in [-0.2, 0) is 21.4 Å². The van der Waals surface area contributed by atoms with Crippen molar-refractivity contribution in [1.82, 2.24) is 9.73 Å². The van der Waals surface area contributed by atoms with E-state index in [2.05, 4.69) is 10.5 Å². The molecule has 9 heteroatoms. The van der Waals surface area contributed by atoms with Gasteiger partial charge in [0.1, 0.15) is 5.75 Å². The van der Waals surface area contributed by atoms with Crippen molar-refractivity contribution in [2.45, 2.75) is 32.2 Å². The summed E-state index contributed by atoms with van der Waals surface area (Å²) in [5, 5.41) is 13.8. The van der Waals surface area contributed by atoms with Crippen LogP contribution in [-0.4, -0.2) is 36.5 Å². The van der Waals surface area contributed by atoms with Gasteiger partial charge in [0.05, 0.1) is 17.7 Å². The van der Waals surface area contributed by atoms with Gasteiger partial charge in [-0.3, -0.25) is 4.79 Å². The second kappa shape index (κ2) is 10.8. The lowest BCUT2D eigenvalue weighted by Gasteiger charge is -2.24. The number of halogens is 1. The molecule has 0 radical (unpaired) electrons. The molecule has 7 nitrogen and oxygen atoms in total. The van der Waals surface area contributed by atoms with Crippen LogP contribution in [0.25, 0.3) is 0 Å². The first-order valence-electron chi connectivity index (χ1n) is 10.5. The van der Waals surface area contributed by atoms with Crippen molar-refractivity contribution in [3.8, 4) is 5.75 Å². The molecule has 0 saturated heterocycles. The lowest BCUT2D eigenvalue weighted by atomic mass is 10.1. The van der Waals surface area contributed by atoms with Crippen LogP contribution in [0.1, 0.15) is 27.8 Å². The van der Waals surface area contributed by atoms with Gasteiger partial charge in [0.25, 0.3) is 5.91 Å². The quantitative estimate of drug-likeness (QED) is 0.356. The van der Waals surface area contributed by atoms with Crippen LogP contribution in [0.4, 0.5) is 0 Å². The second-order valence-corrected chi connectivity index (χ2v) is 10.3. The summed E-state index contributed by atoms with van der Waals surface area (Å²) >= 11 is 5.97. The van der Waals surface area contributed by atoms with E-state index in [4.69, 9.17) is 11.6 Å². The third-order valence-corrected chi connectivity index (χ3v) is 7.44. The van der Waals surface area contributed by atoms with Gasteiger partial charge in [-0.2, -0.15) is 9.41 Å². The average Bonchev–Trinajstić information content (AvgIpc) is 2.75. The minimum absolute atomic E-state index is 0.0125. The number of amides is 1. The van der Waals surface area contributed by atoms with E-state index < -0.39 is 22.5 Å². The summed E-state index contributed by atoms with van der Waals surface area (Å²) < 4.78 is 28.5. The Balaban J connectivity index is 1.86. The number of hydrogen-bond donors (Lipinski definition) is 2. The molecule has 178 valence electrons. The highest BCUT2D eigenvalue weighted by Crippen LogP contribution is 2.26. The standard InChI is InChI=1S/C25H26ClN3O4S/c1-17-12-18(2)25(19(3)13-17)34(32,33)29(15-21-4-8-22(26)9-5-21)16-24(31)28-27-14-20-6-10-23(30)11-7-20/h4-14,30H,15-16H2,1-3H3,(H,28,31). The Morgan fingerprint density at radius 2 is 1.62 bits per heavy atom. The molecule has 3 aromatic rings. The molecule has 0 fully saturated rings. The Hall–Kier alpha value is -3.20. The highest BCUT2D eigenvalue weighted by atomic mass is 35.5. The predicted molar refractivity (Wildman–Crippen MR) is 134 cm³/mol. The minimum Gasteiger partial charge on any atom is -0.508 e. The minimum atomic E-state index is -4.00. The van der Waals surface area contributed by atoms with Crippen LogP contribution < -0.4 is 5.43 Å². The molecule has 0 spiro atoms. The maximum Gasteiger partial charge on any atom is 0.255 e. The molecule has 0 aromatic heterocycles. The zero-order valence-corrected chi connectivity index (χ0v) is 20.7. The predicted octanol–water partition coefficient (Wildman–Crippen LogP) is 4.31. The van der Waals surface area contributed by atoms with E-state index in [1.54, 1.807) is 50.2 Å². The van der Waals surface area contributed by atoms with Crippen LogP contribution >= 0.6 is 11.6 Å². The number of benzene rings is 3. The Morgan fingerprint density at radius 1 is 1.03 bits per heavy atom. The van der Waals surface area contributed by atoms with Gasteiger partial charge in [-0.25, -0.2) is 13.8 Å². The number of aromatic hydroxyl groups is 1. The number of hydrazone groups is 1. The normalized spacial score (nSPS) is 11.8. The third kappa shape index (κ3) is 6.44. The molecule has 0 aliphatic heterocycles. The Morgan fingerprint density at radius 3 is 2.21 bits per heavy atom. The van der Waals surface area contributed by atoms with Gasteiger partial charge < -0.3 is 5.11 Å². The summed E-state index contributed by atoms with van der Waals surface area (Å²) in [4.78, 5) is 12.8. The number of nitrogens with one attached hydrogen (secondary N) is 1. The van der Waals surface area contributed by atoms with Gasteiger partial charge in [0.15, 0.2) is 0 Å². The number of aryl methyl sites for hydroxylation is 3. The summed E-state index contributed by atoms with van der Waals surface area (Å²) in [6.07, 6.45) is 1.41. The summed E-state index contributed by atoms with van der Waals surface area (Å²) in [5.41, 5.74) is 5.91. The highest BCUT2D eigenvalue weighted by Gasteiger charge is 2.30. The van der Waals surface area contributed by atoms with Crippen molar-refractivity contribution in [3.05, 3.63) is 93.5 Å². The van der Waals surface area contributed by atoms with E-state index in [0.717, 1.165) is 9.87 Å². The van der Waals surface area contributed by atoms with E-state index in [-0.39, 0.29) is 17.2 Å². The monoisotopic (exact) mass is 499 g/mol. The number of nitrogens with zero attached hydrogens (tertiary/aromatic N) is 2. The van der Waals surface area contributed by atoms with E-state index in [1.165, 1.54) is 18.3 Å². The molecule has 2 N–H and O–H groups in total. The Kier molecular flexibility index (Phi) is 8.09.